The van der Waals surface area contributed by atoms with E-state index in [0.29, 0.717) is 35.2 Å². The van der Waals surface area contributed by atoms with Gasteiger partial charge in [-0.15, -0.1) is 0 Å². The van der Waals surface area contributed by atoms with Crippen LogP contribution in [0, 0.1) is 0 Å². The average Bonchev–Trinajstić information content (AvgIpc) is 2.67. The average molecular weight is 427 g/mol. The van der Waals surface area contributed by atoms with Crippen molar-refractivity contribution in [1.82, 2.24) is 4.72 Å². The summed E-state index contributed by atoms with van der Waals surface area (Å²) in [5.41, 5.74) is 1.31. The number of aryl methyl sites for hydroxylation is 1. The maximum atomic E-state index is 12.3. The molecule has 2 N–H and O–H groups in total. The minimum Gasteiger partial charge on any atom is -0.495 e. The molecule has 0 aliphatic carbocycles. The van der Waals surface area contributed by atoms with Crippen molar-refractivity contribution < 1.29 is 22.7 Å². The van der Waals surface area contributed by atoms with Crippen LogP contribution in [0.5, 0.6) is 11.5 Å². The van der Waals surface area contributed by atoms with E-state index in [9.17, 15) is 13.2 Å². The Balaban J connectivity index is 2.01. The predicted octanol–water partition coefficient (Wildman–Crippen LogP) is 3.23. The summed E-state index contributed by atoms with van der Waals surface area (Å²) < 4.78 is 36.7. The van der Waals surface area contributed by atoms with Crippen LogP contribution in [0.25, 0.3) is 0 Å². The molecule has 0 spiro atoms. The molecule has 0 atom stereocenters. The van der Waals surface area contributed by atoms with Gasteiger partial charge in [-0.05, 0) is 24.1 Å². The number of methoxy groups -OCH3 is 2. The number of carbonyl (C=O) groups is 1. The fraction of sp³-hybridized carbons (Fsp3) is 0.316. The van der Waals surface area contributed by atoms with E-state index in [-0.39, 0.29) is 17.2 Å². The topological polar surface area (TPSA) is 93.7 Å². The molecule has 0 heterocycles. The van der Waals surface area contributed by atoms with E-state index in [1.165, 1.54) is 26.4 Å². The first-order valence-corrected chi connectivity index (χ1v) is 10.5. The first-order chi connectivity index (χ1) is 13.3. The number of benzene rings is 2. The van der Waals surface area contributed by atoms with Crippen LogP contribution in [0.3, 0.4) is 0 Å². The second kappa shape index (κ2) is 9.77. The van der Waals surface area contributed by atoms with E-state index < -0.39 is 10.0 Å². The number of rotatable bonds is 9. The van der Waals surface area contributed by atoms with E-state index >= 15 is 0 Å². The Hall–Kier alpha value is -2.29. The first-order valence-electron chi connectivity index (χ1n) is 8.60. The largest absolute Gasteiger partial charge is 0.495 e. The second-order valence-electron chi connectivity index (χ2n) is 5.88. The molecular formula is C19H23ClN2O5S. The van der Waals surface area contributed by atoms with Crippen LogP contribution in [0.15, 0.2) is 41.3 Å². The number of ether oxygens (including phenoxy) is 2. The highest BCUT2D eigenvalue weighted by Crippen LogP contribution is 2.35. The minimum atomic E-state index is -3.48. The minimum absolute atomic E-state index is 0.195. The van der Waals surface area contributed by atoms with Gasteiger partial charge in [0.2, 0.25) is 15.9 Å². The second-order valence-corrected chi connectivity index (χ2v) is 8.05. The van der Waals surface area contributed by atoms with Crippen molar-refractivity contribution in [2.45, 2.75) is 24.7 Å². The van der Waals surface area contributed by atoms with Gasteiger partial charge < -0.3 is 14.8 Å². The molecule has 0 bridgehead atoms. The van der Waals surface area contributed by atoms with Gasteiger partial charge in [0, 0.05) is 25.1 Å². The SMILES string of the molecule is CCNS(=O)(=O)c1ccc(CCC(=O)Nc2cc(OC)c(Cl)cc2OC)cc1. The summed E-state index contributed by atoms with van der Waals surface area (Å²) >= 11 is 6.06. The van der Waals surface area contributed by atoms with Crippen molar-refractivity contribution in [3.05, 3.63) is 47.0 Å². The number of nitrogens with one attached hydrogen (secondary N) is 2. The van der Waals surface area contributed by atoms with E-state index in [0.717, 1.165) is 5.56 Å². The Labute approximate surface area is 170 Å². The van der Waals surface area contributed by atoms with Crippen LogP contribution in [0.2, 0.25) is 5.02 Å². The standard InChI is InChI=1S/C19H23ClN2O5S/c1-4-21-28(24,25)14-8-5-13(6-9-14)7-10-19(23)22-16-12-17(26-2)15(20)11-18(16)27-3/h5-6,8-9,11-12,21H,4,7,10H2,1-3H3,(H,22,23). The van der Waals surface area contributed by atoms with Crippen LogP contribution in [0.1, 0.15) is 18.9 Å². The lowest BCUT2D eigenvalue weighted by atomic mass is 10.1. The summed E-state index contributed by atoms with van der Waals surface area (Å²) in [6.45, 7) is 2.04. The van der Waals surface area contributed by atoms with E-state index in [1.54, 1.807) is 31.2 Å². The zero-order chi connectivity index (χ0) is 20.7. The summed E-state index contributed by atoms with van der Waals surface area (Å²) in [5.74, 6) is 0.638. The maximum Gasteiger partial charge on any atom is 0.240 e. The molecule has 0 unspecified atom stereocenters. The Morgan fingerprint density at radius 1 is 1.07 bits per heavy atom. The van der Waals surface area contributed by atoms with Gasteiger partial charge in [0.25, 0.3) is 0 Å². The summed E-state index contributed by atoms with van der Waals surface area (Å²) in [6, 6.07) is 9.61. The molecule has 1 amide bonds. The third-order valence-electron chi connectivity index (χ3n) is 3.96. The van der Waals surface area contributed by atoms with Gasteiger partial charge in [-0.1, -0.05) is 30.7 Å². The number of hydrogen-bond acceptors (Lipinski definition) is 5. The van der Waals surface area contributed by atoms with E-state index in [1.807, 2.05) is 0 Å². The number of anilines is 1. The normalized spacial score (nSPS) is 11.1. The molecule has 0 saturated heterocycles. The molecule has 2 aromatic rings. The molecule has 2 aromatic carbocycles. The molecule has 0 aromatic heterocycles. The molecule has 9 heteroatoms. The summed E-state index contributed by atoms with van der Waals surface area (Å²) in [6.07, 6.45) is 0.674. The van der Waals surface area contributed by atoms with Crippen molar-refractivity contribution >= 4 is 33.2 Å². The summed E-state index contributed by atoms with van der Waals surface area (Å²) in [5, 5.41) is 3.16. The van der Waals surface area contributed by atoms with Gasteiger partial charge in [-0.3, -0.25) is 4.79 Å². The van der Waals surface area contributed by atoms with Crippen LogP contribution in [-0.4, -0.2) is 35.1 Å². The van der Waals surface area contributed by atoms with Gasteiger partial charge in [-0.25, -0.2) is 13.1 Å². The number of sulfonamides is 1. The van der Waals surface area contributed by atoms with E-state index in [4.69, 9.17) is 21.1 Å². The van der Waals surface area contributed by atoms with Gasteiger partial charge in [0.1, 0.15) is 11.5 Å². The Morgan fingerprint density at radius 2 is 1.71 bits per heavy atom. The number of carbonyl (C=O) groups excluding carboxylic acids is 1. The van der Waals surface area contributed by atoms with Crippen molar-refractivity contribution in [2.75, 3.05) is 26.1 Å². The number of halogens is 1. The first kappa shape index (κ1) is 22.0. The van der Waals surface area contributed by atoms with Gasteiger partial charge >= 0.3 is 0 Å². The lowest BCUT2D eigenvalue weighted by Crippen LogP contribution is -2.23. The fourth-order valence-electron chi connectivity index (χ4n) is 2.54. The molecule has 152 valence electrons. The number of amides is 1. The molecule has 0 fully saturated rings. The summed E-state index contributed by atoms with van der Waals surface area (Å²) in [7, 11) is -0.515. The zero-order valence-electron chi connectivity index (χ0n) is 15.9. The Bertz CT molecular complexity index is 930. The molecule has 0 aliphatic heterocycles. The molecule has 28 heavy (non-hydrogen) atoms. The lowest BCUT2D eigenvalue weighted by molar-refractivity contribution is -0.116. The molecular weight excluding hydrogens is 404 g/mol. The zero-order valence-corrected chi connectivity index (χ0v) is 17.5. The predicted molar refractivity (Wildman–Crippen MR) is 109 cm³/mol. The molecule has 0 aliphatic rings. The van der Waals surface area contributed by atoms with Crippen molar-refractivity contribution in [1.29, 1.82) is 0 Å². The monoisotopic (exact) mass is 426 g/mol. The van der Waals surface area contributed by atoms with E-state index in [2.05, 4.69) is 10.0 Å². The van der Waals surface area contributed by atoms with Crippen molar-refractivity contribution in [3.63, 3.8) is 0 Å². The lowest BCUT2D eigenvalue weighted by Gasteiger charge is -2.13. The molecule has 0 radical (unpaired) electrons. The van der Waals surface area contributed by atoms with Gasteiger partial charge in [0.15, 0.2) is 0 Å². The molecule has 0 saturated carbocycles. The maximum absolute atomic E-state index is 12.3. The number of hydrogen-bond donors (Lipinski definition) is 2. The van der Waals surface area contributed by atoms with Gasteiger partial charge in [-0.2, -0.15) is 0 Å². The molecule has 7 nitrogen and oxygen atoms in total. The van der Waals surface area contributed by atoms with Crippen molar-refractivity contribution in [3.8, 4) is 11.5 Å². The summed E-state index contributed by atoms with van der Waals surface area (Å²) in [4.78, 5) is 12.5. The van der Waals surface area contributed by atoms with Gasteiger partial charge in [0.05, 0.1) is 29.8 Å². The van der Waals surface area contributed by atoms with Crippen LogP contribution < -0.4 is 19.5 Å². The van der Waals surface area contributed by atoms with Crippen molar-refractivity contribution in [2.24, 2.45) is 0 Å². The smallest absolute Gasteiger partial charge is 0.240 e. The quantitative estimate of drug-likeness (QED) is 0.642. The van der Waals surface area contributed by atoms with Crippen LogP contribution in [-0.2, 0) is 21.2 Å². The van der Waals surface area contributed by atoms with Crippen LogP contribution >= 0.6 is 11.6 Å². The highest BCUT2D eigenvalue weighted by Gasteiger charge is 2.14. The van der Waals surface area contributed by atoms with Crippen LogP contribution in [0.4, 0.5) is 5.69 Å². The molecule has 2 rings (SSSR count). The third-order valence-corrected chi connectivity index (χ3v) is 5.81. The highest BCUT2D eigenvalue weighted by molar-refractivity contribution is 7.89. The Kier molecular flexibility index (Phi) is 7.68. The Morgan fingerprint density at radius 3 is 2.29 bits per heavy atom. The fourth-order valence-corrected chi connectivity index (χ4v) is 3.81. The highest BCUT2D eigenvalue weighted by atomic mass is 35.5. The third kappa shape index (κ3) is 5.60.